The van der Waals surface area contributed by atoms with Gasteiger partial charge in [-0.1, -0.05) is 11.6 Å². The first-order valence-corrected chi connectivity index (χ1v) is 7.52. The van der Waals surface area contributed by atoms with Crippen LogP contribution in [0.1, 0.15) is 20.8 Å². The SMILES string of the molecule is CC(C)(C)OC(=O)n1cc(Br)cc1-c1ccc(F)c(Cl)c1F. The molecule has 1 heterocycles. The Kier molecular flexibility index (Phi) is 4.63. The third-order valence-electron chi connectivity index (χ3n) is 2.69. The van der Waals surface area contributed by atoms with Crippen molar-refractivity contribution in [2.24, 2.45) is 0 Å². The van der Waals surface area contributed by atoms with E-state index in [-0.39, 0.29) is 11.3 Å². The van der Waals surface area contributed by atoms with Gasteiger partial charge < -0.3 is 4.74 Å². The van der Waals surface area contributed by atoms with Gasteiger partial charge in [-0.15, -0.1) is 0 Å². The van der Waals surface area contributed by atoms with Gasteiger partial charge in [0.05, 0.1) is 5.69 Å². The molecule has 0 bridgehead atoms. The van der Waals surface area contributed by atoms with Crippen LogP contribution < -0.4 is 0 Å². The largest absolute Gasteiger partial charge is 0.443 e. The Labute approximate surface area is 140 Å². The van der Waals surface area contributed by atoms with Crippen molar-refractivity contribution < 1.29 is 18.3 Å². The number of hydrogen-bond donors (Lipinski definition) is 0. The molecule has 0 aliphatic rings. The predicted octanol–water partition coefficient (Wildman–Crippen LogP) is 5.63. The van der Waals surface area contributed by atoms with Crippen molar-refractivity contribution >= 4 is 33.6 Å². The van der Waals surface area contributed by atoms with Gasteiger partial charge in [0, 0.05) is 16.2 Å². The smallest absolute Gasteiger partial charge is 0.419 e. The van der Waals surface area contributed by atoms with Crippen molar-refractivity contribution in [2.75, 3.05) is 0 Å². The Hall–Kier alpha value is -1.40. The molecule has 0 saturated carbocycles. The van der Waals surface area contributed by atoms with E-state index in [4.69, 9.17) is 16.3 Å². The maximum atomic E-state index is 14.2. The summed E-state index contributed by atoms with van der Waals surface area (Å²) in [7, 11) is 0. The van der Waals surface area contributed by atoms with Crippen LogP contribution in [-0.2, 0) is 4.74 Å². The van der Waals surface area contributed by atoms with Gasteiger partial charge in [-0.25, -0.2) is 13.6 Å². The molecule has 3 nitrogen and oxygen atoms in total. The van der Waals surface area contributed by atoms with E-state index in [2.05, 4.69) is 15.9 Å². The Morgan fingerprint density at radius 1 is 1.32 bits per heavy atom. The summed E-state index contributed by atoms with van der Waals surface area (Å²) in [5.41, 5.74) is -0.493. The molecular formula is C15H13BrClF2NO2. The molecule has 0 fully saturated rings. The number of halogens is 4. The third kappa shape index (κ3) is 3.50. The average molecular weight is 393 g/mol. The van der Waals surface area contributed by atoms with Gasteiger partial charge in [0.2, 0.25) is 0 Å². The first-order chi connectivity index (χ1) is 10.1. The molecule has 2 rings (SSSR count). The highest BCUT2D eigenvalue weighted by Gasteiger charge is 2.23. The van der Waals surface area contributed by atoms with Gasteiger partial charge in [-0.05, 0) is 54.9 Å². The van der Waals surface area contributed by atoms with Crippen LogP contribution >= 0.6 is 27.5 Å². The number of carbonyl (C=O) groups excluding carboxylic acids is 1. The minimum Gasteiger partial charge on any atom is -0.443 e. The van der Waals surface area contributed by atoms with E-state index in [1.807, 2.05) is 0 Å². The molecule has 22 heavy (non-hydrogen) atoms. The summed E-state index contributed by atoms with van der Waals surface area (Å²) in [5, 5.41) is -0.620. The number of ether oxygens (including phenoxy) is 1. The van der Waals surface area contributed by atoms with Crippen LogP contribution in [0.25, 0.3) is 11.3 Å². The first-order valence-electron chi connectivity index (χ1n) is 6.35. The first kappa shape index (κ1) is 17.0. The molecule has 0 spiro atoms. The fourth-order valence-electron chi connectivity index (χ4n) is 1.82. The summed E-state index contributed by atoms with van der Waals surface area (Å²) in [5.74, 6) is -1.80. The van der Waals surface area contributed by atoms with E-state index < -0.39 is 28.4 Å². The molecule has 0 amide bonds. The molecule has 1 aromatic heterocycles. The number of benzene rings is 1. The zero-order valence-corrected chi connectivity index (χ0v) is 14.4. The van der Waals surface area contributed by atoms with Crippen molar-refractivity contribution in [1.82, 2.24) is 4.57 Å². The predicted molar refractivity (Wildman–Crippen MR) is 84.1 cm³/mol. The Morgan fingerprint density at radius 2 is 1.95 bits per heavy atom. The Bertz CT molecular complexity index is 738. The molecule has 2 aromatic rings. The van der Waals surface area contributed by atoms with Crippen LogP contribution in [0.3, 0.4) is 0 Å². The molecule has 0 unspecified atom stereocenters. The van der Waals surface area contributed by atoms with Crippen LogP contribution in [0.15, 0.2) is 28.9 Å². The molecule has 0 N–H and O–H groups in total. The number of rotatable bonds is 1. The maximum absolute atomic E-state index is 14.2. The second-order valence-corrected chi connectivity index (χ2v) is 6.91. The minimum atomic E-state index is -0.933. The van der Waals surface area contributed by atoms with Gasteiger partial charge in [0.15, 0.2) is 5.82 Å². The topological polar surface area (TPSA) is 31.2 Å². The summed E-state index contributed by atoms with van der Waals surface area (Å²) >= 11 is 8.82. The van der Waals surface area contributed by atoms with Gasteiger partial charge in [0.1, 0.15) is 16.4 Å². The number of nitrogens with zero attached hydrogens (tertiary/aromatic N) is 1. The quantitative estimate of drug-likeness (QED) is 0.589. The van der Waals surface area contributed by atoms with Crippen molar-refractivity contribution in [1.29, 1.82) is 0 Å². The lowest BCUT2D eigenvalue weighted by molar-refractivity contribution is 0.0540. The molecular weight excluding hydrogens is 380 g/mol. The molecule has 0 atom stereocenters. The molecule has 0 aliphatic carbocycles. The molecule has 0 radical (unpaired) electrons. The van der Waals surface area contributed by atoms with Gasteiger partial charge >= 0.3 is 6.09 Å². The number of carbonyl (C=O) groups is 1. The van der Waals surface area contributed by atoms with Crippen LogP contribution in [-0.4, -0.2) is 16.3 Å². The second kappa shape index (κ2) is 6.01. The van der Waals surface area contributed by atoms with E-state index in [0.29, 0.717) is 4.47 Å². The molecule has 118 valence electrons. The van der Waals surface area contributed by atoms with E-state index in [1.165, 1.54) is 18.3 Å². The minimum absolute atomic E-state index is 0.00274. The van der Waals surface area contributed by atoms with E-state index >= 15 is 0 Å². The molecule has 0 saturated heterocycles. The van der Waals surface area contributed by atoms with Crippen LogP contribution in [0.2, 0.25) is 5.02 Å². The number of hydrogen-bond acceptors (Lipinski definition) is 2. The summed E-state index contributed by atoms with van der Waals surface area (Å²) < 4.78 is 34.4. The van der Waals surface area contributed by atoms with Gasteiger partial charge in [-0.3, -0.25) is 4.57 Å². The van der Waals surface area contributed by atoms with Crippen molar-refractivity contribution in [3.05, 3.63) is 45.5 Å². The normalized spacial score (nSPS) is 11.6. The van der Waals surface area contributed by atoms with Crippen molar-refractivity contribution in [2.45, 2.75) is 26.4 Å². The third-order valence-corrected chi connectivity index (χ3v) is 3.47. The zero-order chi connectivity index (χ0) is 16.7. The highest BCUT2D eigenvalue weighted by molar-refractivity contribution is 9.10. The lowest BCUT2D eigenvalue weighted by atomic mass is 10.1. The summed E-state index contributed by atoms with van der Waals surface area (Å²) in [6.07, 6.45) is 0.771. The highest BCUT2D eigenvalue weighted by atomic mass is 79.9. The Balaban J connectivity index is 2.54. The molecule has 7 heteroatoms. The van der Waals surface area contributed by atoms with E-state index in [1.54, 1.807) is 20.8 Å². The molecule has 1 aromatic carbocycles. The summed E-state index contributed by atoms with van der Waals surface area (Å²) in [4.78, 5) is 12.2. The lowest BCUT2D eigenvalue weighted by Crippen LogP contribution is -2.27. The fourth-order valence-corrected chi connectivity index (χ4v) is 2.41. The van der Waals surface area contributed by atoms with Crippen molar-refractivity contribution in [3.8, 4) is 11.3 Å². The maximum Gasteiger partial charge on any atom is 0.419 e. The Morgan fingerprint density at radius 3 is 2.55 bits per heavy atom. The summed E-state index contributed by atoms with van der Waals surface area (Å²) in [6, 6.07) is 3.79. The van der Waals surface area contributed by atoms with Crippen LogP contribution in [0, 0.1) is 11.6 Å². The monoisotopic (exact) mass is 391 g/mol. The van der Waals surface area contributed by atoms with Crippen LogP contribution in [0.4, 0.5) is 13.6 Å². The molecule has 0 aliphatic heterocycles. The summed E-state index contributed by atoms with van der Waals surface area (Å²) in [6.45, 7) is 5.16. The standard InChI is InChI=1S/C15H13BrClF2NO2/c1-15(2,3)22-14(21)20-7-8(16)6-11(20)9-4-5-10(18)12(17)13(9)19/h4-7H,1-3H3. The second-order valence-electron chi connectivity index (χ2n) is 5.62. The highest BCUT2D eigenvalue weighted by Crippen LogP contribution is 2.32. The number of aromatic nitrogens is 1. The van der Waals surface area contributed by atoms with Crippen molar-refractivity contribution in [3.63, 3.8) is 0 Å². The van der Waals surface area contributed by atoms with Crippen LogP contribution in [0.5, 0.6) is 0 Å². The van der Waals surface area contributed by atoms with E-state index in [9.17, 15) is 13.6 Å². The lowest BCUT2D eigenvalue weighted by Gasteiger charge is -2.20. The average Bonchev–Trinajstić information content (AvgIpc) is 2.76. The fraction of sp³-hybridized carbons (Fsp3) is 0.267. The zero-order valence-electron chi connectivity index (χ0n) is 12.1. The van der Waals surface area contributed by atoms with E-state index in [0.717, 1.165) is 10.6 Å². The van der Waals surface area contributed by atoms with Gasteiger partial charge in [0.25, 0.3) is 0 Å². The van der Waals surface area contributed by atoms with Gasteiger partial charge in [-0.2, -0.15) is 0 Å².